The van der Waals surface area contributed by atoms with E-state index in [9.17, 15) is 17.6 Å². The highest BCUT2D eigenvalue weighted by Crippen LogP contribution is 2.30. The zero-order valence-corrected chi connectivity index (χ0v) is 14.6. The van der Waals surface area contributed by atoms with Crippen molar-refractivity contribution in [2.75, 3.05) is 6.79 Å². The fraction of sp³-hybridized carbons (Fsp3) is 0.235. The average Bonchev–Trinajstić information content (AvgIpc) is 2.58. The van der Waals surface area contributed by atoms with Crippen LogP contribution in [0.2, 0.25) is 0 Å². The van der Waals surface area contributed by atoms with Crippen LogP contribution in [0.1, 0.15) is 27.0 Å². The number of hydrogen-bond donors (Lipinski definition) is 1. The molecule has 0 spiro atoms. The van der Waals surface area contributed by atoms with Gasteiger partial charge < -0.3 is 14.2 Å². The van der Waals surface area contributed by atoms with Crippen LogP contribution in [0.4, 0.5) is 4.39 Å². The summed E-state index contributed by atoms with van der Waals surface area (Å²) in [6.45, 7) is 1.62. The fourth-order valence-electron chi connectivity index (χ4n) is 2.58. The zero-order valence-electron chi connectivity index (χ0n) is 13.8. The third kappa shape index (κ3) is 3.85. The van der Waals surface area contributed by atoms with E-state index in [-0.39, 0.29) is 30.5 Å². The molecule has 0 aliphatic carbocycles. The van der Waals surface area contributed by atoms with Crippen LogP contribution >= 0.6 is 0 Å². The number of carbonyl (C=O) groups is 1. The van der Waals surface area contributed by atoms with Crippen molar-refractivity contribution < 1.29 is 31.8 Å². The summed E-state index contributed by atoms with van der Waals surface area (Å²) in [7, 11) is -3.95. The van der Waals surface area contributed by atoms with Crippen molar-refractivity contribution in [3.63, 3.8) is 0 Å². The molecule has 1 heterocycles. The lowest BCUT2D eigenvalue weighted by atomic mass is 10.1. The highest BCUT2D eigenvalue weighted by Gasteiger charge is 2.20. The van der Waals surface area contributed by atoms with Crippen LogP contribution in [-0.4, -0.2) is 21.2 Å². The summed E-state index contributed by atoms with van der Waals surface area (Å²) in [5.74, 6) is -0.838. The summed E-state index contributed by atoms with van der Waals surface area (Å²) in [5, 5.41) is 5.08. The number of nitrogens with two attached hydrogens (primary N) is 1. The maximum atomic E-state index is 13.7. The first-order valence-corrected chi connectivity index (χ1v) is 9.13. The first-order chi connectivity index (χ1) is 12.3. The van der Waals surface area contributed by atoms with Gasteiger partial charge in [-0.05, 0) is 36.8 Å². The molecule has 0 saturated heterocycles. The molecule has 9 heteroatoms. The molecular formula is C17H16FNO6S. The minimum atomic E-state index is -3.95. The average molecular weight is 381 g/mol. The van der Waals surface area contributed by atoms with Crippen LogP contribution in [0.3, 0.4) is 0 Å². The van der Waals surface area contributed by atoms with Gasteiger partial charge in [-0.1, -0.05) is 6.07 Å². The zero-order chi connectivity index (χ0) is 18.9. The van der Waals surface area contributed by atoms with Gasteiger partial charge in [0, 0.05) is 11.1 Å². The Hall–Kier alpha value is -2.49. The highest BCUT2D eigenvalue weighted by molar-refractivity contribution is 7.89. The number of sulfonamides is 1. The lowest BCUT2D eigenvalue weighted by molar-refractivity contribution is -0.0183. The van der Waals surface area contributed by atoms with E-state index in [1.165, 1.54) is 24.3 Å². The molecule has 0 aromatic heterocycles. The molecule has 3 rings (SSSR count). The minimum Gasteiger partial charge on any atom is -0.467 e. The number of benzene rings is 2. The minimum absolute atomic E-state index is 0.0229. The number of aryl methyl sites for hydroxylation is 1. The van der Waals surface area contributed by atoms with E-state index >= 15 is 0 Å². The van der Waals surface area contributed by atoms with E-state index in [2.05, 4.69) is 0 Å². The largest absolute Gasteiger partial charge is 0.467 e. The second-order valence-electron chi connectivity index (χ2n) is 5.76. The Morgan fingerprint density at radius 2 is 2.08 bits per heavy atom. The van der Waals surface area contributed by atoms with Crippen molar-refractivity contribution >= 4 is 16.0 Å². The van der Waals surface area contributed by atoms with Crippen LogP contribution in [-0.2, 0) is 32.7 Å². The van der Waals surface area contributed by atoms with Gasteiger partial charge in [0.05, 0.1) is 17.1 Å². The van der Waals surface area contributed by atoms with Gasteiger partial charge in [-0.25, -0.2) is 22.7 Å². The molecule has 0 fully saturated rings. The maximum absolute atomic E-state index is 13.7. The normalized spacial score (nSPS) is 13.7. The van der Waals surface area contributed by atoms with E-state index in [1.807, 2.05) is 0 Å². The van der Waals surface area contributed by atoms with Gasteiger partial charge in [0.25, 0.3) is 0 Å². The van der Waals surface area contributed by atoms with Gasteiger partial charge in [0.2, 0.25) is 10.0 Å². The summed E-state index contributed by atoms with van der Waals surface area (Å²) < 4.78 is 52.3. The Labute approximate surface area is 149 Å². The van der Waals surface area contributed by atoms with Crippen LogP contribution in [0, 0.1) is 12.7 Å². The molecule has 0 saturated carbocycles. The van der Waals surface area contributed by atoms with Gasteiger partial charge in [0.15, 0.2) is 6.79 Å². The predicted molar refractivity (Wildman–Crippen MR) is 88.4 cm³/mol. The maximum Gasteiger partial charge on any atom is 0.338 e. The van der Waals surface area contributed by atoms with E-state index < -0.39 is 21.8 Å². The number of fused-ring (bicyclic) bond motifs is 1. The van der Waals surface area contributed by atoms with Gasteiger partial charge in [-0.15, -0.1) is 0 Å². The molecular weight excluding hydrogens is 365 g/mol. The number of ether oxygens (including phenoxy) is 3. The number of rotatable bonds is 4. The summed E-state index contributed by atoms with van der Waals surface area (Å²) in [5.41, 5.74) is 1.46. The highest BCUT2D eigenvalue weighted by atomic mass is 32.2. The molecule has 2 N–H and O–H groups in total. The molecule has 2 aromatic carbocycles. The van der Waals surface area contributed by atoms with E-state index in [0.29, 0.717) is 22.4 Å². The SMILES string of the molecule is Cc1ccc(S(N)(=O)=O)cc1C(=O)OCc1cc(F)cc2c1OCOC2. The van der Waals surface area contributed by atoms with Crippen molar-refractivity contribution in [3.05, 3.63) is 58.4 Å². The van der Waals surface area contributed by atoms with Gasteiger partial charge in [0.1, 0.15) is 18.2 Å². The summed E-state index contributed by atoms with van der Waals surface area (Å²) in [6.07, 6.45) is 0. The lowest BCUT2D eigenvalue weighted by Crippen LogP contribution is -2.16. The van der Waals surface area contributed by atoms with E-state index in [4.69, 9.17) is 19.3 Å². The third-order valence-electron chi connectivity index (χ3n) is 3.87. The number of hydrogen-bond acceptors (Lipinski definition) is 6. The molecule has 0 amide bonds. The number of halogens is 1. The molecule has 0 radical (unpaired) electrons. The molecule has 0 unspecified atom stereocenters. The Morgan fingerprint density at radius 1 is 1.31 bits per heavy atom. The first kappa shape index (κ1) is 18.3. The molecule has 2 aromatic rings. The molecule has 26 heavy (non-hydrogen) atoms. The van der Waals surface area contributed by atoms with Gasteiger partial charge >= 0.3 is 5.97 Å². The number of carbonyl (C=O) groups excluding carboxylic acids is 1. The van der Waals surface area contributed by atoms with Gasteiger partial charge in [-0.2, -0.15) is 0 Å². The molecule has 0 atom stereocenters. The van der Waals surface area contributed by atoms with E-state index in [1.54, 1.807) is 6.92 Å². The van der Waals surface area contributed by atoms with Crippen molar-refractivity contribution in [2.45, 2.75) is 25.0 Å². The monoisotopic (exact) mass is 381 g/mol. The van der Waals surface area contributed by atoms with Crippen LogP contribution < -0.4 is 9.88 Å². The second-order valence-corrected chi connectivity index (χ2v) is 7.32. The fourth-order valence-corrected chi connectivity index (χ4v) is 3.12. The molecule has 138 valence electrons. The topological polar surface area (TPSA) is 105 Å². The van der Waals surface area contributed by atoms with Crippen molar-refractivity contribution in [1.82, 2.24) is 0 Å². The van der Waals surface area contributed by atoms with E-state index in [0.717, 1.165) is 6.07 Å². The van der Waals surface area contributed by atoms with Crippen LogP contribution in [0.25, 0.3) is 0 Å². The summed E-state index contributed by atoms with van der Waals surface area (Å²) in [6, 6.07) is 6.42. The second kappa shape index (κ2) is 7.02. The number of esters is 1. The first-order valence-electron chi connectivity index (χ1n) is 7.58. The number of primary sulfonamides is 1. The van der Waals surface area contributed by atoms with Crippen LogP contribution in [0.15, 0.2) is 35.2 Å². The third-order valence-corrected chi connectivity index (χ3v) is 4.78. The Bertz CT molecular complexity index is 973. The summed E-state index contributed by atoms with van der Waals surface area (Å²) >= 11 is 0. The lowest BCUT2D eigenvalue weighted by Gasteiger charge is -2.20. The molecule has 1 aliphatic heterocycles. The molecule has 7 nitrogen and oxygen atoms in total. The van der Waals surface area contributed by atoms with Crippen molar-refractivity contribution in [3.8, 4) is 5.75 Å². The smallest absolute Gasteiger partial charge is 0.338 e. The quantitative estimate of drug-likeness (QED) is 0.813. The Kier molecular flexibility index (Phi) is 4.94. The molecule has 1 aliphatic rings. The molecule has 0 bridgehead atoms. The van der Waals surface area contributed by atoms with Crippen LogP contribution in [0.5, 0.6) is 5.75 Å². The van der Waals surface area contributed by atoms with Crippen molar-refractivity contribution in [1.29, 1.82) is 0 Å². The predicted octanol–water partition coefficient (Wildman–Crippen LogP) is 2.01. The summed E-state index contributed by atoms with van der Waals surface area (Å²) in [4.78, 5) is 12.2. The standard InChI is InChI=1S/C17H16FNO6S/c1-10-2-3-14(26(19,21)22)6-15(10)17(20)24-8-12-5-13(18)4-11-7-23-9-25-16(11)12/h2-6H,7-9H2,1H3,(H2,19,21,22). The Balaban J connectivity index is 1.83. The van der Waals surface area contributed by atoms with Gasteiger partial charge in [-0.3, -0.25) is 0 Å². The van der Waals surface area contributed by atoms with Crippen molar-refractivity contribution in [2.24, 2.45) is 5.14 Å². The Morgan fingerprint density at radius 3 is 2.81 bits per heavy atom.